The summed E-state index contributed by atoms with van der Waals surface area (Å²) in [6, 6.07) is 0. The van der Waals surface area contributed by atoms with E-state index in [4.69, 9.17) is 14.2 Å². The summed E-state index contributed by atoms with van der Waals surface area (Å²) in [5.74, 6) is -1.02. The van der Waals surface area contributed by atoms with Crippen LogP contribution in [-0.4, -0.2) is 37.2 Å². The number of unbranched alkanes of at least 4 members (excludes halogenated alkanes) is 19. The van der Waals surface area contributed by atoms with Crippen LogP contribution < -0.4 is 0 Å². The van der Waals surface area contributed by atoms with Crippen LogP contribution in [0.3, 0.4) is 0 Å². The van der Waals surface area contributed by atoms with Gasteiger partial charge in [0.1, 0.15) is 13.2 Å². The smallest absolute Gasteiger partial charge is 0.306 e. The number of carbonyl (C=O) groups excluding carboxylic acids is 3. The Morgan fingerprint density at radius 3 is 1.04 bits per heavy atom. The zero-order chi connectivity index (χ0) is 48.6. The fraction of sp³-hybridized carbons (Fsp3) is 0.656. The Labute approximate surface area is 412 Å². The molecule has 0 unspecified atom stereocenters. The second kappa shape index (κ2) is 54.7. The van der Waals surface area contributed by atoms with E-state index in [0.29, 0.717) is 19.3 Å². The minimum absolute atomic E-state index is 0.116. The third-order valence-corrected chi connectivity index (χ3v) is 11.2. The van der Waals surface area contributed by atoms with Crippen LogP contribution in [0.2, 0.25) is 0 Å². The van der Waals surface area contributed by atoms with Crippen molar-refractivity contribution in [3.05, 3.63) is 109 Å². The quantitative estimate of drug-likeness (QED) is 0.0262. The summed E-state index contributed by atoms with van der Waals surface area (Å²) >= 11 is 0. The van der Waals surface area contributed by atoms with Gasteiger partial charge in [-0.15, -0.1) is 0 Å². The Bertz CT molecular complexity index is 1390. The molecule has 0 aliphatic rings. The van der Waals surface area contributed by atoms with Crippen molar-refractivity contribution in [2.75, 3.05) is 13.2 Å². The number of allylic oxidation sites excluding steroid dienone is 18. The van der Waals surface area contributed by atoms with E-state index in [9.17, 15) is 14.4 Å². The van der Waals surface area contributed by atoms with Crippen molar-refractivity contribution >= 4 is 17.9 Å². The van der Waals surface area contributed by atoms with Gasteiger partial charge in [0.15, 0.2) is 6.10 Å². The molecule has 380 valence electrons. The molecular weight excluding hydrogens is 829 g/mol. The highest BCUT2D eigenvalue weighted by atomic mass is 16.6. The Kier molecular flexibility index (Phi) is 51.5. The van der Waals surface area contributed by atoms with Crippen LogP contribution in [0.15, 0.2) is 109 Å². The largest absolute Gasteiger partial charge is 0.462 e. The highest BCUT2D eigenvalue weighted by Crippen LogP contribution is 2.13. The lowest BCUT2D eigenvalue weighted by Crippen LogP contribution is -2.30. The standard InChI is InChI=1S/C61H100O6/c1-4-7-10-13-16-19-22-25-28-30-33-35-38-41-44-47-50-53-59(62)65-56-58(67-61(64)55-52-49-46-43-40-37-32-27-24-21-18-15-12-9-6-3)57-66-60(63)54-51-48-45-42-39-36-34-31-29-26-23-20-17-14-11-8-5-2/h9,12,16,18-19,21,25-29,32-33,35,40-41,43-44,58H,4-8,10-11,13-15,17,20,22-24,30-31,34,36-39,42,45-57H2,1-3H3/b12-9-,19-16-,21-18-,28-25-,29-26-,32-27-,35-33-,43-40-,44-41-/t58-/m1/s1. The van der Waals surface area contributed by atoms with Gasteiger partial charge in [-0.1, -0.05) is 207 Å². The van der Waals surface area contributed by atoms with Crippen LogP contribution in [0, 0.1) is 0 Å². The molecule has 67 heavy (non-hydrogen) atoms. The summed E-state index contributed by atoms with van der Waals surface area (Å²) in [5.41, 5.74) is 0. The fourth-order valence-corrected chi connectivity index (χ4v) is 7.13. The lowest BCUT2D eigenvalue weighted by Gasteiger charge is -2.18. The maximum Gasteiger partial charge on any atom is 0.306 e. The molecule has 0 aliphatic carbocycles. The molecule has 0 aromatic carbocycles. The predicted molar refractivity (Wildman–Crippen MR) is 288 cm³/mol. The molecular formula is C61H100O6. The summed E-state index contributed by atoms with van der Waals surface area (Å²) in [6.07, 6.45) is 73.7. The van der Waals surface area contributed by atoms with E-state index in [0.717, 1.165) is 83.5 Å². The summed E-state index contributed by atoms with van der Waals surface area (Å²) in [4.78, 5) is 38.1. The van der Waals surface area contributed by atoms with Crippen molar-refractivity contribution in [2.45, 2.75) is 245 Å². The molecule has 0 heterocycles. The van der Waals surface area contributed by atoms with Gasteiger partial charge in [0, 0.05) is 19.3 Å². The van der Waals surface area contributed by atoms with Gasteiger partial charge in [-0.05, 0) is 122 Å². The molecule has 0 saturated carbocycles. The number of hydrogen-bond acceptors (Lipinski definition) is 6. The van der Waals surface area contributed by atoms with E-state index in [-0.39, 0.29) is 44.0 Å². The Morgan fingerprint density at radius 1 is 0.313 bits per heavy atom. The van der Waals surface area contributed by atoms with Gasteiger partial charge >= 0.3 is 17.9 Å². The lowest BCUT2D eigenvalue weighted by molar-refractivity contribution is -0.167. The van der Waals surface area contributed by atoms with Gasteiger partial charge in [-0.3, -0.25) is 14.4 Å². The minimum Gasteiger partial charge on any atom is -0.462 e. The first-order valence-corrected chi connectivity index (χ1v) is 27.4. The monoisotopic (exact) mass is 929 g/mol. The highest BCUT2D eigenvalue weighted by Gasteiger charge is 2.19. The van der Waals surface area contributed by atoms with Crippen molar-refractivity contribution in [3.63, 3.8) is 0 Å². The van der Waals surface area contributed by atoms with Crippen LogP contribution in [0.25, 0.3) is 0 Å². The number of rotatable bonds is 48. The predicted octanol–water partition coefficient (Wildman–Crippen LogP) is 18.3. The van der Waals surface area contributed by atoms with Crippen LogP contribution in [0.1, 0.15) is 239 Å². The summed E-state index contributed by atoms with van der Waals surface area (Å²) in [6.45, 7) is 6.40. The molecule has 0 bridgehead atoms. The molecule has 1 atom stereocenters. The van der Waals surface area contributed by atoms with Crippen LogP contribution >= 0.6 is 0 Å². The second-order valence-electron chi connectivity index (χ2n) is 17.7. The topological polar surface area (TPSA) is 78.9 Å². The first-order valence-electron chi connectivity index (χ1n) is 27.4. The van der Waals surface area contributed by atoms with E-state index in [2.05, 4.69) is 130 Å². The van der Waals surface area contributed by atoms with Crippen molar-refractivity contribution in [3.8, 4) is 0 Å². The van der Waals surface area contributed by atoms with Gasteiger partial charge in [0.25, 0.3) is 0 Å². The van der Waals surface area contributed by atoms with Crippen LogP contribution in [-0.2, 0) is 28.6 Å². The maximum absolute atomic E-state index is 12.8. The first kappa shape index (κ1) is 63.1. The molecule has 0 aliphatic heterocycles. The summed E-state index contributed by atoms with van der Waals surface area (Å²) < 4.78 is 16.7. The van der Waals surface area contributed by atoms with Crippen molar-refractivity contribution in [1.29, 1.82) is 0 Å². The number of carbonyl (C=O) groups is 3. The molecule has 0 radical (unpaired) electrons. The zero-order valence-electron chi connectivity index (χ0n) is 43.4. The Hall–Kier alpha value is -3.93. The van der Waals surface area contributed by atoms with Crippen molar-refractivity contribution in [2.24, 2.45) is 0 Å². The van der Waals surface area contributed by atoms with Crippen molar-refractivity contribution in [1.82, 2.24) is 0 Å². The average molecular weight is 929 g/mol. The number of ether oxygens (including phenoxy) is 3. The van der Waals surface area contributed by atoms with Gasteiger partial charge < -0.3 is 14.2 Å². The van der Waals surface area contributed by atoms with Gasteiger partial charge in [0.05, 0.1) is 0 Å². The molecule has 0 rings (SSSR count). The van der Waals surface area contributed by atoms with E-state index >= 15 is 0 Å². The Morgan fingerprint density at radius 2 is 0.597 bits per heavy atom. The van der Waals surface area contributed by atoms with E-state index in [1.54, 1.807) is 0 Å². The average Bonchev–Trinajstić information content (AvgIpc) is 3.33. The molecule has 0 amide bonds. The molecule has 0 saturated heterocycles. The van der Waals surface area contributed by atoms with Gasteiger partial charge in [-0.25, -0.2) is 0 Å². The molecule has 0 fully saturated rings. The molecule has 6 heteroatoms. The summed E-state index contributed by atoms with van der Waals surface area (Å²) in [7, 11) is 0. The first-order chi connectivity index (χ1) is 33.0. The zero-order valence-corrected chi connectivity index (χ0v) is 43.4. The molecule has 0 spiro atoms. The van der Waals surface area contributed by atoms with E-state index in [1.807, 2.05) is 0 Å². The number of hydrogen-bond donors (Lipinski definition) is 0. The number of esters is 3. The molecule has 6 nitrogen and oxygen atoms in total. The van der Waals surface area contributed by atoms with Gasteiger partial charge in [-0.2, -0.15) is 0 Å². The third kappa shape index (κ3) is 52.9. The minimum atomic E-state index is -0.825. The lowest BCUT2D eigenvalue weighted by atomic mass is 10.1. The van der Waals surface area contributed by atoms with E-state index in [1.165, 1.54) is 103 Å². The normalized spacial score (nSPS) is 12.9. The van der Waals surface area contributed by atoms with Crippen molar-refractivity contribution < 1.29 is 28.6 Å². The van der Waals surface area contributed by atoms with Gasteiger partial charge in [0.2, 0.25) is 0 Å². The van der Waals surface area contributed by atoms with Crippen LogP contribution in [0.4, 0.5) is 0 Å². The molecule has 0 N–H and O–H groups in total. The second-order valence-corrected chi connectivity index (χ2v) is 17.7. The molecule has 0 aromatic heterocycles. The van der Waals surface area contributed by atoms with E-state index < -0.39 is 6.10 Å². The SMILES string of the molecule is CC/C=C\C/C=C\C/C=C\C/C=C\CCCCC(=O)O[C@H](COC(=O)CCC/C=C\C/C=C\C/C=C\C/C=C\CCCCC)COC(=O)CCCCCCCCC/C=C\CCCCCCCC. The fourth-order valence-electron chi connectivity index (χ4n) is 7.13. The Balaban J connectivity index is 4.54. The maximum atomic E-state index is 12.8. The highest BCUT2D eigenvalue weighted by molar-refractivity contribution is 5.71. The third-order valence-electron chi connectivity index (χ3n) is 11.2. The molecule has 0 aromatic rings. The summed E-state index contributed by atoms with van der Waals surface area (Å²) in [5, 5.41) is 0. The van der Waals surface area contributed by atoms with Crippen LogP contribution in [0.5, 0.6) is 0 Å².